The minimum Gasteiger partial charge on any atom is -0.411 e. The van der Waals surface area contributed by atoms with E-state index in [-0.39, 0.29) is 11.8 Å². The van der Waals surface area contributed by atoms with Gasteiger partial charge in [-0.25, -0.2) is 4.79 Å². The van der Waals surface area contributed by atoms with Crippen molar-refractivity contribution in [2.45, 2.75) is 90.2 Å². The normalized spacial score (nSPS) is 41.3. The maximum Gasteiger partial charge on any atom is 0.511 e. The molecule has 0 N–H and O–H groups in total. The van der Waals surface area contributed by atoms with E-state index in [0.29, 0.717) is 36.5 Å². The van der Waals surface area contributed by atoms with Crippen molar-refractivity contribution in [1.29, 1.82) is 0 Å². The highest BCUT2D eigenvalue weighted by molar-refractivity contribution is 6.24. The second kappa shape index (κ2) is 8.47. The van der Waals surface area contributed by atoms with E-state index in [9.17, 15) is 4.79 Å². The molecule has 0 bridgehead atoms. The molecule has 0 spiro atoms. The first-order valence-electron chi connectivity index (χ1n) is 10.3. The number of ether oxygens (including phenoxy) is 2. The smallest absolute Gasteiger partial charge is 0.411 e. The summed E-state index contributed by atoms with van der Waals surface area (Å²) in [6.07, 6.45) is 4.76. The Bertz CT molecular complexity index is 454. The molecular formula is C21H36Cl2O3. The average Bonchev–Trinajstić information content (AvgIpc) is 2.44. The molecule has 0 amide bonds. The fourth-order valence-electron chi connectivity index (χ4n) is 5.01. The SMILES string of the molecule is CC1CCC(C(C)C)C(Cl)(OC(=O)OC2(Cl)CC(C)CCC2C(C)C)C1. The van der Waals surface area contributed by atoms with E-state index in [1.165, 1.54) is 0 Å². The molecule has 0 aliphatic heterocycles. The second-order valence-corrected chi connectivity index (χ2v) is 10.8. The van der Waals surface area contributed by atoms with Crippen LogP contribution >= 0.6 is 23.2 Å². The van der Waals surface area contributed by atoms with Crippen molar-refractivity contribution < 1.29 is 14.3 Å². The van der Waals surface area contributed by atoms with Gasteiger partial charge in [-0.05, 0) is 36.5 Å². The monoisotopic (exact) mass is 406 g/mol. The van der Waals surface area contributed by atoms with Crippen LogP contribution in [0.5, 0.6) is 0 Å². The summed E-state index contributed by atoms with van der Waals surface area (Å²) >= 11 is 13.7. The standard InChI is InChI=1S/C21H36Cl2O3/c1-13(2)17-9-7-15(5)11-20(17,22)25-19(24)26-21(23)12-16(6)8-10-18(21)14(3)4/h13-18H,7-12H2,1-6H3. The second-order valence-electron chi connectivity index (χ2n) is 9.50. The lowest BCUT2D eigenvalue weighted by molar-refractivity contribution is -0.100. The Hall–Kier alpha value is -0.150. The molecule has 0 heterocycles. The highest BCUT2D eigenvalue weighted by Gasteiger charge is 2.50. The Kier molecular flexibility index (Phi) is 7.21. The molecule has 6 atom stereocenters. The molecule has 0 aromatic rings. The summed E-state index contributed by atoms with van der Waals surface area (Å²) in [4.78, 5) is 12.7. The van der Waals surface area contributed by atoms with Crippen molar-refractivity contribution in [3.8, 4) is 0 Å². The van der Waals surface area contributed by atoms with Crippen LogP contribution in [-0.4, -0.2) is 16.3 Å². The van der Waals surface area contributed by atoms with Crippen molar-refractivity contribution in [1.82, 2.24) is 0 Å². The first kappa shape index (κ1) is 22.1. The van der Waals surface area contributed by atoms with Gasteiger partial charge in [0.25, 0.3) is 0 Å². The summed E-state index contributed by atoms with van der Waals surface area (Å²) in [5.74, 6) is 1.80. The van der Waals surface area contributed by atoms with Gasteiger partial charge < -0.3 is 9.47 Å². The maximum atomic E-state index is 12.7. The fourth-order valence-corrected chi connectivity index (χ4v) is 6.39. The average molecular weight is 407 g/mol. The lowest BCUT2D eigenvalue weighted by atomic mass is 9.74. The van der Waals surface area contributed by atoms with Crippen molar-refractivity contribution in [3.63, 3.8) is 0 Å². The maximum absolute atomic E-state index is 12.7. The predicted octanol–water partition coefficient (Wildman–Crippen LogP) is 7.19. The molecule has 2 fully saturated rings. The predicted molar refractivity (Wildman–Crippen MR) is 107 cm³/mol. The number of halogens is 2. The Morgan fingerprint density at radius 1 is 0.808 bits per heavy atom. The minimum absolute atomic E-state index is 0.130. The Balaban J connectivity index is 2.12. The zero-order chi connectivity index (χ0) is 19.7. The molecule has 152 valence electrons. The van der Waals surface area contributed by atoms with Crippen molar-refractivity contribution >= 4 is 29.4 Å². The molecule has 26 heavy (non-hydrogen) atoms. The first-order chi connectivity index (χ1) is 12.0. The third-order valence-corrected chi connectivity index (χ3v) is 7.44. The Morgan fingerprint density at radius 3 is 1.46 bits per heavy atom. The summed E-state index contributed by atoms with van der Waals surface area (Å²) in [6, 6.07) is 0. The molecule has 2 aliphatic rings. The third kappa shape index (κ3) is 5.01. The zero-order valence-electron chi connectivity index (χ0n) is 17.2. The van der Waals surface area contributed by atoms with Crippen molar-refractivity contribution in [2.24, 2.45) is 35.5 Å². The van der Waals surface area contributed by atoms with Gasteiger partial charge in [-0.15, -0.1) is 0 Å². The van der Waals surface area contributed by atoms with E-state index in [4.69, 9.17) is 32.7 Å². The van der Waals surface area contributed by atoms with E-state index < -0.39 is 16.3 Å². The van der Waals surface area contributed by atoms with E-state index in [1.54, 1.807) is 0 Å². The number of carbonyl (C=O) groups is 1. The largest absolute Gasteiger partial charge is 0.511 e. The Labute approximate surface area is 169 Å². The van der Waals surface area contributed by atoms with E-state index in [2.05, 4.69) is 41.5 Å². The van der Waals surface area contributed by atoms with Crippen LogP contribution in [-0.2, 0) is 9.47 Å². The van der Waals surface area contributed by atoms with E-state index in [1.807, 2.05) is 0 Å². The molecule has 2 rings (SSSR count). The van der Waals surface area contributed by atoms with Gasteiger partial charge in [-0.3, -0.25) is 0 Å². The van der Waals surface area contributed by atoms with Crippen molar-refractivity contribution in [2.75, 3.05) is 0 Å². The highest BCUT2D eigenvalue weighted by atomic mass is 35.5. The van der Waals surface area contributed by atoms with Gasteiger partial charge in [0.1, 0.15) is 0 Å². The van der Waals surface area contributed by atoms with Gasteiger partial charge in [-0.1, -0.05) is 77.6 Å². The van der Waals surface area contributed by atoms with Crippen molar-refractivity contribution in [3.05, 3.63) is 0 Å². The summed E-state index contributed by atoms with van der Waals surface area (Å²) in [5, 5.41) is -1.99. The fraction of sp³-hybridized carbons (Fsp3) is 0.952. The van der Waals surface area contributed by atoms with Crippen LogP contribution in [0.15, 0.2) is 0 Å². The van der Waals surface area contributed by atoms with Gasteiger partial charge in [0.2, 0.25) is 0 Å². The number of hydrogen-bond donors (Lipinski definition) is 0. The van der Waals surface area contributed by atoms with Crippen LogP contribution < -0.4 is 0 Å². The number of alkyl halides is 2. The van der Waals surface area contributed by atoms with Crippen LogP contribution in [0.25, 0.3) is 0 Å². The summed E-state index contributed by atoms with van der Waals surface area (Å²) in [7, 11) is 0. The van der Waals surface area contributed by atoms with Crippen LogP contribution in [0.3, 0.4) is 0 Å². The third-order valence-electron chi connectivity index (χ3n) is 6.42. The van der Waals surface area contributed by atoms with Crippen LogP contribution in [0.2, 0.25) is 0 Å². The molecule has 0 saturated heterocycles. The molecule has 0 aromatic carbocycles. The van der Waals surface area contributed by atoms with Crippen LogP contribution in [0.1, 0.15) is 80.1 Å². The number of hydrogen-bond acceptors (Lipinski definition) is 3. The minimum atomic E-state index is -0.996. The zero-order valence-corrected chi connectivity index (χ0v) is 18.7. The summed E-state index contributed by atoms with van der Waals surface area (Å²) < 4.78 is 11.5. The molecule has 0 radical (unpaired) electrons. The lowest BCUT2D eigenvalue weighted by Gasteiger charge is -2.45. The van der Waals surface area contributed by atoms with Gasteiger partial charge in [-0.2, -0.15) is 0 Å². The molecule has 2 aliphatic carbocycles. The highest BCUT2D eigenvalue weighted by Crippen LogP contribution is 2.49. The first-order valence-corrected chi connectivity index (χ1v) is 11.0. The Morgan fingerprint density at radius 2 is 1.15 bits per heavy atom. The molecule has 5 heteroatoms. The molecular weight excluding hydrogens is 371 g/mol. The number of rotatable bonds is 4. The van der Waals surface area contributed by atoms with Gasteiger partial charge in [0, 0.05) is 24.7 Å². The molecule has 0 aromatic heterocycles. The van der Waals surface area contributed by atoms with Gasteiger partial charge in [0.05, 0.1) is 0 Å². The molecule has 6 unspecified atom stereocenters. The van der Waals surface area contributed by atoms with Gasteiger partial charge >= 0.3 is 6.16 Å². The van der Waals surface area contributed by atoms with Crippen LogP contribution in [0, 0.1) is 35.5 Å². The van der Waals surface area contributed by atoms with E-state index >= 15 is 0 Å². The number of carbonyl (C=O) groups excluding carboxylic acids is 1. The topological polar surface area (TPSA) is 35.5 Å². The van der Waals surface area contributed by atoms with Crippen LogP contribution in [0.4, 0.5) is 4.79 Å². The molecule has 3 nitrogen and oxygen atoms in total. The van der Waals surface area contributed by atoms with E-state index in [0.717, 1.165) is 25.7 Å². The lowest BCUT2D eigenvalue weighted by Crippen LogP contribution is -2.48. The van der Waals surface area contributed by atoms with Gasteiger partial charge in [0.15, 0.2) is 10.1 Å². The summed E-state index contributed by atoms with van der Waals surface area (Å²) in [6.45, 7) is 12.8. The summed E-state index contributed by atoms with van der Waals surface area (Å²) in [5.41, 5.74) is 0. The quantitative estimate of drug-likeness (QED) is 0.365. The molecule has 2 saturated carbocycles.